The van der Waals surface area contributed by atoms with E-state index >= 15 is 0 Å². The molecule has 0 radical (unpaired) electrons. The van der Waals surface area contributed by atoms with Crippen LogP contribution >= 0.6 is 0 Å². The van der Waals surface area contributed by atoms with Crippen LogP contribution < -0.4 is 11.5 Å². The molecule has 0 saturated heterocycles. The molecule has 2 unspecified atom stereocenters. The molecule has 0 aliphatic heterocycles. The summed E-state index contributed by atoms with van der Waals surface area (Å²) in [7, 11) is 0. The van der Waals surface area contributed by atoms with Crippen molar-refractivity contribution in [3.63, 3.8) is 0 Å². The van der Waals surface area contributed by atoms with Crippen LogP contribution in [0.5, 0.6) is 0 Å². The topological polar surface area (TPSA) is 191 Å². The summed E-state index contributed by atoms with van der Waals surface area (Å²) in [6.07, 6.45) is -11.2. The highest BCUT2D eigenvalue weighted by molar-refractivity contribution is 5.74. The van der Waals surface area contributed by atoms with E-state index in [-0.39, 0.29) is 59.1 Å². The average Bonchev–Trinajstić information content (AvgIpc) is 2.75. The summed E-state index contributed by atoms with van der Waals surface area (Å²) in [5, 5.41) is 19.0. The Morgan fingerprint density at radius 3 is 1.50 bits per heavy atom. The van der Waals surface area contributed by atoms with E-state index < -0.39 is 62.9 Å². The molecule has 0 aromatic carbocycles. The van der Waals surface area contributed by atoms with E-state index in [4.69, 9.17) is 30.4 Å². The number of hydrogen-bond acceptors (Lipinski definition) is 11. The lowest BCUT2D eigenvalue weighted by atomic mass is 10.4. The lowest BCUT2D eigenvalue weighted by molar-refractivity contribution is -0.396. The van der Waals surface area contributed by atoms with Crippen LogP contribution in [0.4, 0.5) is 17.6 Å². The number of primary amides is 2. The summed E-state index contributed by atoms with van der Waals surface area (Å²) < 4.78 is 86.2. The van der Waals surface area contributed by atoms with Gasteiger partial charge in [-0.15, -0.1) is 0 Å². The van der Waals surface area contributed by atoms with E-state index in [1.807, 2.05) is 0 Å². The molecule has 0 aromatic heterocycles. The zero-order valence-corrected chi connectivity index (χ0v) is 19.6. The lowest BCUT2D eigenvalue weighted by Gasteiger charge is -2.24. The molecule has 2 amide bonds. The average molecular weight is 542 g/mol. The van der Waals surface area contributed by atoms with Crippen molar-refractivity contribution in [3.05, 3.63) is 0 Å². The first kappa shape index (κ1) is 34.3. The SMILES string of the molecule is NC(=O)CCOCC(O)COCCOCOCC(F)(F)OC(F)(F)COCC(O)COCCC(N)=O. The zero-order chi connectivity index (χ0) is 27.5. The van der Waals surface area contributed by atoms with Crippen molar-refractivity contribution in [2.24, 2.45) is 11.5 Å². The van der Waals surface area contributed by atoms with Crippen LogP contribution in [0.15, 0.2) is 0 Å². The molecule has 13 nitrogen and oxygen atoms in total. The van der Waals surface area contributed by atoms with Crippen molar-refractivity contribution < 1.29 is 70.5 Å². The third-order valence-electron chi connectivity index (χ3n) is 3.60. The highest BCUT2D eigenvalue weighted by Crippen LogP contribution is 2.27. The highest BCUT2D eigenvalue weighted by atomic mass is 19.3. The third kappa shape index (κ3) is 22.7. The van der Waals surface area contributed by atoms with E-state index in [1.165, 1.54) is 0 Å². The van der Waals surface area contributed by atoms with Gasteiger partial charge in [0.1, 0.15) is 32.2 Å². The molecule has 17 heteroatoms. The zero-order valence-electron chi connectivity index (χ0n) is 19.6. The lowest BCUT2D eigenvalue weighted by Crippen LogP contribution is -2.40. The van der Waals surface area contributed by atoms with Crippen LogP contribution in [0.2, 0.25) is 0 Å². The second kappa shape index (κ2) is 19.4. The van der Waals surface area contributed by atoms with Gasteiger partial charge in [0.05, 0.1) is 52.9 Å². The Morgan fingerprint density at radius 2 is 1.03 bits per heavy atom. The van der Waals surface area contributed by atoms with Crippen LogP contribution in [0.3, 0.4) is 0 Å². The molecule has 0 spiro atoms. The number of ether oxygens (including phenoxy) is 7. The van der Waals surface area contributed by atoms with E-state index in [1.54, 1.807) is 0 Å². The molecule has 0 aliphatic carbocycles. The van der Waals surface area contributed by atoms with Crippen LogP contribution in [0.1, 0.15) is 12.8 Å². The predicted molar refractivity (Wildman–Crippen MR) is 111 cm³/mol. The summed E-state index contributed by atoms with van der Waals surface area (Å²) in [6, 6.07) is 0. The molecule has 6 N–H and O–H groups in total. The third-order valence-corrected chi connectivity index (χ3v) is 3.60. The van der Waals surface area contributed by atoms with E-state index in [0.717, 1.165) is 0 Å². The molecule has 0 aliphatic rings. The molecule has 0 bridgehead atoms. The quantitative estimate of drug-likeness (QED) is 0.0610. The Kier molecular flexibility index (Phi) is 18.5. The second-order valence-electron chi connectivity index (χ2n) is 7.23. The van der Waals surface area contributed by atoms with Crippen molar-refractivity contribution >= 4 is 11.8 Å². The maximum atomic E-state index is 13.5. The minimum atomic E-state index is -4.39. The van der Waals surface area contributed by atoms with Crippen molar-refractivity contribution in [1.29, 1.82) is 0 Å². The van der Waals surface area contributed by atoms with Gasteiger partial charge in [0.15, 0.2) is 0 Å². The number of rotatable bonds is 25. The fourth-order valence-corrected chi connectivity index (χ4v) is 2.09. The molecule has 0 heterocycles. The minimum Gasteiger partial charge on any atom is -0.388 e. The number of aliphatic hydroxyl groups excluding tert-OH is 2. The molecule has 0 aromatic rings. The molecule has 36 heavy (non-hydrogen) atoms. The maximum Gasteiger partial charge on any atom is 0.383 e. The van der Waals surface area contributed by atoms with Crippen LogP contribution in [0.25, 0.3) is 0 Å². The van der Waals surface area contributed by atoms with Gasteiger partial charge in [0.25, 0.3) is 0 Å². The fraction of sp³-hybridized carbons (Fsp3) is 0.895. The molecule has 214 valence electrons. The molecule has 0 rings (SSSR count). The first-order valence-corrected chi connectivity index (χ1v) is 10.7. The summed E-state index contributed by atoms with van der Waals surface area (Å²) in [5.41, 5.74) is 9.79. The summed E-state index contributed by atoms with van der Waals surface area (Å²) in [5.74, 6) is -1.17. The number of carbonyl (C=O) groups is 2. The van der Waals surface area contributed by atoms with Crippen molar-refractivity contribution in [2.45, 2.75) is 37.3 Å². The number of alkyl halides is 4. The Balaban J connectivity index is 3.82. The number of aliphatic hydroxyl groups is 2. The Morgan fingerprint density at radius 1 is 0.639 bits per heavy atom. The molecule has 0 saturated carbocycles. The number of amides is 2. The van der Waals surface area contributed by atoms with Gasteiger partial charge in [-0.2, -0.15) is 17.6 Å². The molecular formula is C19H34F4N2O11. The Labute approximate surface area is 204 Å². The normalized spacial score (nSPS) is 14.1. The van der Waals surface area contributed by atoms with Gasteiger partial charge in [-0.05, 0) is 0 Å². The van der Waals surface area contributed by atoms with Crippen LogP contribution in [0, 0.1) is 0 Å². The van der Waals surface area contributed by atoms with Gasteiger partial charge in [-0.3, -0.25) is 14.3 Å². The van der Waals surface area contributed by atoms with Gasteiger partial charge < -0.3 is 50.1 Å². The first-order valence-electron chi connectivity index (χ1n) is 10.7. The molecular weight excluding hydrogens is 508 g/mol. The number of halogens is 4. The van der Waals surface area contributed by atoms with Gasteiger partial charge in [0.2, 0.25) is 11.8 Å². The largest absolute Gasteiger partial charge is 0.388 e. The van der Waals surface area contributed by atoms with Crippen molar-refractivity contribution in [2.75, 3.05) is 72.9 Å². The smallest absolute Gasteiger partial charge is 0.383 e. The Hall–Kier alpha value is -1.70. The van der Waals surface area contributed by atoms with Gasteiger partial charge in [-0.1, -0.05) is 0 Å². The molecule has 2 atom stereocenters. The summed E-state index contributed by atoms with van der Waals surface area (Å²) in [4.78, 5) is 21.0. The number of nitrogens with two attached hydrogens (primary N) is 2. The Bertz CT molecular complexity index is 606. The number of hydrogen-bond donors (Lipinski definition) is 4. The summed E-state index contributed by atoms with van der Waals surface area (Å²) >= 11 is 0. The summed E-state index contributed by atoms with van der Waals surface area (Å²) in [6.45, 7) is -5.18. The van der Waals surface area contributed by atoms with E-state index in [2.05, 4.69) is 14.2 Å². The van der Waals surface area contributed by atoms with Gasteiger partial charge in [-0.25, -0.2) is 0 Å². The van der Waals surface area contributed by atoms with Crippen molar-refractivity contribution in [3.8, 4) is 0 Å². The first-order chi connectivity index (χ1) is 16.8. The molecule has 0 fully saturated rings. The maximum absolute atomic E-state index is 13.5. The van der Waals surface area contributed by atoms with Gasteiger partial charge in [0, 0.05) is 12.8 Å². The highest BCUT2D eigenvalue weighted by Gasteiger charge is 2.44. The van der Waals surface area contributed by atoms with Gasteiger partial charge >= 0.3 is 12.2 Å². The minimum absolute atomic E-state index is 0.0126. The van der Waals surface area contributed by atoms with E-state index in [9.17, 15) is 37.4 Å². The van der Waals surface area contributed by atoms with Crippen LogP contribution in [-0.4, -0.2) is 119 Å². The monoisotopic (exact) mass is 542 g/mol. The van der Waals surface area contributed by atoms with Crippen LogP contribution in [-0.2, 0) is 42.7 Å². The fourth-order valence-electron chi connectivity index (χ4n) is 2.09. The number of carbonyl (C=O) groups excluding carboxylic acids is 2. The predicted octanol–water partition coefficient (Wildman–Crippen LogP) is -1.28. The van der Waals surface area contributed by atoms with Crippen molar-refractivity contribution in [1.82, 2.24) is 0 Å². The second-order valence-corrected chi connectivity index (χ2v) is 7.23. The van der Waals surface area contributed by atoms with E-state index in [0.29, 0.717) is 0 Å². The standard InChI is InChI=1S/C19H34F4N2O11/c20-18(21,11-34-10-15(27)8-31-4-2-17(25)29)36-19(22,23)12-35-13-33-6-5-32-9-14(26)7-30-3-1-16(24)28/h14-15,26-27H,1-13H2,(H2,24,28)(H2,25,29).